The van der Waals surface area contributed by atoms with Crippen molar-refractivity contribution in [3.8, 4) is 5.75 Å². The summed E-state index contributed by atoms with van der Waals surface area (Å²) in [6.07, 6.45) is 2.19. The Balaban J connectivity index is 2.73. The lowest BCUT2D eigenvalue weighted by molar-refractivity contribution is 0.414. The number of benzene rings is 1. The highest BCUT2D eigenvalue weighted by Gasteiger charge is 2.03. The molecule has 0 spiro atoms. The molecule has 0 saturated carbocycles. The monoisotopic (exact) mass is 320 g/mol. The van der Waals surface area contributed by atoms with Gasteiger partial charge in [-0.25, -0.2) is 0 Å². The molecule has 0 aromatic heterocycles. The van der Waals surface area contributed by atoms with E-state index in [4.69, 9.17) is 4.74 Å². The Morgan fingerprint density at radius 2 is 2.14 bits per heavy atom. The van der Waals surface area contributed by atoms with Gasteiger partial charge in [-0.2, -0.15) is 0 Å². The van der Waals surface area contributed by atoms with Gasteiger partial charge in [-0.05, 0) is 36.6 Å². The molecule has 0 amide bonds. The SMILES string of the molecule is COc1ccc(Br)c(CCC(C)Br)c1. The fourth-order valence-corrected chi connectivity index (χ4v) is 1.90. The number of rotatable bonds is 4. The summed E-state index contributed by atoms with van der Waals surface area (Å²) in [7, 11) is 1.69. The largest absolute Gasteiger partial charge is 0.497 e. The fourth-order valence-electron chi connectivity index (χ4n) is 1.22. The molecule has 1 rings (SSSR count). The molecule has 0 aliphatic heterocycles. The van der Waals surface area contributed by atoms with E-state index in [2.05, 4.69) is 44.8 Å². The topological polar surface area (TPSA) is 9.23 Å². The zero-order valence-corrected chi connectivity index (χ0v) is 11.6. The van der Waals surface area contributed by atoms with Crippen LogP contribution >= 0.6 is 31.9 Å². The normalized spacial score (nSPS) is 12.6. The van der Waals surface area contributed by atoms with Crippen molar-refractivity contribution in [1.82, 2.24) is 0 Å². The molecule has 1 aromatic rings. The maximum absolute atomic E-state index is 5.18. The number of ether oxygens (including phenoxy) is 1. The van der Waals surface area contributed by atoms with Gasteiger partial charge < -0.3 is 4.74 Å². The average Bonchev–Trinajstić information content (AvgIpc) is 2.16. The van der Waals surface area contributed by atoms with Crippen LogP contribution in [0.3, 0.4) is 0 Å². The highest BCUT2D eigenvalue weighted by atomic mass is 79.9. The molecule has 1 atom stereocenters. The van der Waals surface area contributed by atoms with Crippen molar-refractivity contribution >= 4 is 31.9 Å². The van der Waals surface area contributed by atoms with Crippen molar-refractivity contribution < 1.29 is 4.74 Å². The fraction of sp³-hybridized carbons (Fsp3) is 0.455. The number of hydrogen-bond donors (Lipinski definition) is 0. The lowest BCUT2D eigenvalue weighted by Gasteiger charge is -2.08. The standard InChI is InChI=1S/C11H14Br2O/c1-8(12)3-4-9-7-10(14-2)5-6-11(9)13/h5-8H,3-4H2,1-2H3. The molecule has 1 aromatic carbocycles. The maximum Gasteiger partial charge on any atom is 0.119 e. The van der Waals surface area contributed by atoms with E-state index in [9.17, 15) is 0 Å². The first kappa shape index (κ1) is 12.1. The first-order valence-electron chi connectivity index (χ1n) is 4.60. The van der Waals surface area contributed by atoms with Gasteiger partial charge in [0.15, 0.2) is 0 Å². The van der Waals surface area contributed by atoms with Crippen molar-refractivity contribution in [2.75, 3.05) is 7.11 Å². The van der Waals surface area contributed by atoms with Gasteiger partial charge in [-0.1, -0.05) is 38.8 Å². The maximum atomic E-state index is 5.18. The van der Waals surface area contributed by atoms with Crippen molar-refractivity contribution in [2.45, 2.75) is 24.6 Å². The molecule has 0 aliphatic carbocycles. The number of hydrogen-bond acceptors (Lipinski definition) is 1. The van der Waals surface area contributed by atoms with E-state index in [-0.39, 0.29) is 0 Å². The predicted molar refractivity (Wildman–Crippen MR) is 67.4 cm³/mol. The number of aryl methyl sites for hydroxylation is 1. The smallest absolute Gasteiger partial charge is 0.119 e. The van der Waals surface area contributed by atoms with Gasteiger partial charge in [-0.15, -0.1) is 0 Å². The van der Waals surface area contributed by atoms with Crippen LogP contribution in [0.5, 0.6) is 5.75 Å². The van der Waals surface area contributed by atoms with E-state index < -0.39 is 0 Å². The van der Waals surface area contributed by atoms with Crippen molar-refractivity contribution in [2.24, 2.45) is 0 Å². The van der Waals surface area contributed by atoms with E-state index in [0.29, 0.717) is 4.83 Å². The van der Waals surface area contributed by atoms with Crippen LogP contribution in [0.15, 0.2) is 22.7 Å². The molecule has 78 valence electrons. The van der Waals surface area contributed by atoms with E-state index in [1.165, 1.54) is 5.56 Å². The van der Waals surface area contributed by atoms with Crippen LogP contribution in [-0.2, 0) is 6.42 Å². The summed E-state index contributed by atoms with van der Waals surface area (Å²) < 4.78 is 6.34. The predicted octanol–water partition coefficient (Wildman–Crippen LogP) is 4.17. The van der Waals surface area contributed by atoms with Crippen LogP contribution in [0, 0.1) is 0 Å². The first-order valence-corrected chi connectivity index (χ1v) is 6.31. The van der Waals surface area contributed by atoms with Crippen LogP contribution in [0.25, 0.3) is 0 Å². The van der Waals surface area contributed by atoms with Crippen LogP contribution in [0.1, 0.15) is 18.9 Å². The summed E-state index contributed by atoms with van der Waals surface area (Å²) >= 11 is 7.08. The van der Waals surface area contributed by atoms with Gasteiger partial charge >= 0.3 is 0 Å². The van der Waals surface area contributed by atoms with Gasteiger partial charge in [0.2, 0.25) is 0 Å². The molecule has 0 bridgehead atoms. The highest BCUT2D eigenvalue weighted by Crippen LogP contribution is 2.24. The minimum atomic E-state index is 0.556. The lowest BCUT2D eigenvalue weighted by Crippen LogP contribution is -1.95. The summed E-state index contributed by atoms with van der Waals surface area (Å²) in [6.45, 7) is 2.16. The van der Waals surface area contributed by atoms with Gasteiger partial charge in [0, 0.05) is 9.30 Å². The Morgan fingerprint density at radius 1 is 1.43 bits per heavy atom. The average molecular weight is 322 g/mol. The minimum absolute atomic E-state index is 0.556. The summed E-state index contributed by atoms with van der Waals surface area (Å²) in [5, 5.41) is 0. The van der Waals surface area contributed by atoms with Crippen LogP contribution in [0.2, 0.25) is 0 Å². The second-order valence-corrected chi connectivity index (χ2v) is 5.69. The van der Waals surface area contributed by atoms with Gasteiger partial charge in [-0.3, -0.25) is 0 Å². The zero-order chi connectivity index (χ0) is 10.6. The van der Waals surface area contributed by atoms with Crippen LogP contribution < -0.4 is 4.74 Å². The highest BCUT2D eigenvalue weighted by molar-refractivity contribution is 9.10. The van der Waals surface area contributed by atoms with Gasteiger partial charge in [0.05, 0.1) is 7.11 Å². The second-order valence-electron chi connectivity index (χ2n) is 3.28. The van der Waals surface area contributed by atoms with Gasteiger partial charge in [0.1, 0.15) is 5.75 Å². The van der Waals surface area contributed by atoms with Crippen molar-refractivity contribution in [3.05, 3.63) is 28.2 Å². The molecule has 0 aliphatic rings. The first-order chi connectivity index (χ1) is 6.63. The molecule has 1 nitrogen and oxygen atoms in total. The third-order valence-electron chi connectivity index (χ3n) is 2.06. The van der Waals surface area contributed by atoms with Crippen molar-refractivity contribution in [1.29, 1.82) is 0 Å². The Morgan fingerprint density at radius 3 is 2.71 bits per heavy atom. The molecule has 3 heteroatoms. The summed E-state index contributed by atoms with van der Waals surface area (Å²) in [5.41, 5.74) is 1.30. The number of halogens is 2. The summed E-state index contributed by atoms with van der Waals surface area (Å²) in [5.74, 6) is 0.922. The van der Waals surface area contributed by atoms with Crippen LogP contribution in [-0.4, -0.2) is 11.9 Å². The summed E-state index contributed by atoms with van der Waals surface area (Å²) in [4.78, 5) is 0.556. The Hall–Kier alpha value is -0.0200. The summed E-state index contributed by atoms with van der Waals surface area (Å²) in [6, 6.07) is 6.08. The van der Waals surface area contributed by atoms with E-state index >= 15 is 0 Å². The Kier molecular flexibility index (Phi) is 4.96. The van der Waals surface area contributed by atoms with E-state index in [1.54, 1.807) is 7.11 Å². The molecular formula is C11H14Br2O. The Labute approximate surface area is 102 Å². The van der Waals surface area contributed by atoms with E-state index in [0.717, 1.165) is 23.1 Å². The molecule has 0 radical (unpaired) electrons. The molecule has 0 N–H and O–H groups in total. The van der Waals surface area contributed by atoms with Crippen molar-refractivity contribution in [3.63, 3.8) is 0 Å². The number of methoxy groups -OCH3 is 1. The molecule has 1 unspecified atom stereocenters. The number of alkyl halides is 1. The molecule has 0 heterocycles. The van der Waals surface area contributed by atoms with E-state index in [1.807, 2.05) is 12.1 Å². The van der Waals surface area contributed by atoms with Gasteiger partial charge in [0.25, 0.3) is 0 Å². The molecule has 0 fully saturated rings. The zero-order valence-electron chi connectivity index (χ0n) is 8.39. The lowest BCUT2D eigenvalue weighted by atomic mass is 10.1. The molecule has 14 heavy (non-hydrogen) atoms. The molecule has 0 saturated heterocycles. The second kappa shape index (κ2) is 5.76. The quantitative estimate of drug-likeness (QED) is 0.756. The van der Waals surface area contributed by atoms with Crippen LogP contribution in [0.4, 0.5) is 0 Å². The third-order valence-corrected chi connectivity index (χ3v) is 3.30. The Bertz CT molecular complexity index is 297. The minimum Gasteiger partial charge on any atom is -0.497 e. The molecular weight excluding hydrogens is 308 g/mol. The third kappa shape index (κ3) is 3.62.